The van der Waals surface area contributed by atoms with Crippen molar-refractivity contribution >= 4 is 11.9 Å². The number of rotatable bonds is 6. The maximum absolute atomic E-state index is 12.7. The highest BCUT2D eigenvalue weighted by Crippen LogP contribution is 2.22. The van der Waals surface area contributed by atoms with Gasteiger partial charge in [-0.1, -0.05) is 45.0 Å². The zero-order valence-corrected chi connectivity index (χ0v) is 16.3. The molecule has 26 heavy (non-hydrogen) atoms. The second-order valence-corrected chi connectivity index (χ2v) is 7.07. The summed E-state index contributed by atoms with van der Waals surface area (Å²) in [5.41, 5.74) is 2.42. The highest BCUT2D eigenvalue weighted by atomic mass is 16.5. The minimum absolute atomic E-state index is 0.0244. The number of ether oxygens (including phenoxy) is 1. The first-order valence-corrected chi connectivity index (χ1v) is 9.37. The first-order chi connectivity index (χ1) is 12.5. The van der Waals surface area contributed by atoms with Crippen LogP contribution in [0.15, 0.2) is 24.3 Å². The van der Waals surface area contributed by atoms with Crippen LogP contribution in [0.3, 0.4) is 0 Å². The molecule has 0 bridgehead atoms. The molecule has 0 spiro atoms. The fourth-order valence-electron chi connectivity index (χ4n) is 3.19. The number of amides is 3. The third-order valence-electron chi connectivity index (χ3n) is 4.88. The van der Waals surface area contributed by atoms with E-state index in [0.717, 1.165) is 12.0 Å². The number of nitrogens with one attached hydrogen (secondary N) is 1. The number of urea groups is 1. The summed E-state index contributed by atoms with van der Waals surface area (Å²) < 4.78 is 4.89. The van der Waals surface area contributed by atoms with Crippen LogP contribution in [0.2, 0.25) is 0 Å². The van der Waals surface area contributed by atoms with E-state index in [1.54, 1.807) is 9.80 Å². The summed E-state index contributed by atoms with van der Waals surface area (Å²) in [7, 11) is 1.51. The molecule has 1 aliphatic rings. The van der Waals surface area contributed by atoms with Crippen LogP contribution in [0.4, 0.5) is 4.79 Å². The summed E-state index contributed by atoms with van der Waals surface area (Å²) in [4.78, 5) is 28.1. The first-order valence-electron chi connectivity index (χ1n) is 9.37. The summed E-state index contributed by atoms with van der Waals surface area (Å²) in [5.74, 6) is 0.264. The van der Waals surface area contributed by atoms with E-state index in [2.05, 4.69) is 50.4 Å². The lowest BCUT2D eigenvalue weighted by molar-refractivity contribution is -0.136. The molecular weight excluding hydrogens is 330 g/mol. The number of aryl methyl sites for hydroxylation is 1. The van der Waals surface area contributed by atoms with Gasteiger partial charge in [0.2, 0.25) is 5.91 Å². The molecule has 0 radical (unpaired) electrons. The van der Waals surface area contributed by atoms with Gasteiger partial charge in [-0.05, 0) is 23.5 Å². The molecule has 1 aliphatic heterocycles. The SMILES string of the molecule is CCc1ccc(C(NC(=O)N2CCN(C(=O)COC)CC2)C(C)C)cc1. The van der Waals surface area contributed by atoms with Gasteiger partial charge in [0.1, 0.15) is 6.61 Å². The molecule has 1 N–H and O–H groups in total. The van der Waals surface area contributed by atoms with Crippen LogP contribution < -0.4 is 5.32 Å². The van der Waals surface area contributed by atoms with Gasteiger partial charge >= 0.3 is 6.03 Å². The van der Waals surface area contributed by atoms with Gasteiger partial charge in [0.05, 0.1) is 6.04 Å². The standard InChI is InChI=1S/C20H31N3O3/c1-5-16-6-8-17(9-7-16)19(15(2)3)21-20(25)23-12-10-22(11-13-23)18(24)14-26-4/h6-9,15,19H,5,10-14H2,1-4H3,(H,21,25). The summed E-state index contributed by atoms with van der Waals surface area (Å²) in [6.07, 6.45) is 1.01. The second-order valence-electron chi connectivity index (χ2n) is 7.07. The minimum atomic E-state index is -0.0675. The number of piperazine rings is 1. The van der Waals surface area contributed by atoms with Gasteiger partial charge in [0.25, 0.3) is 0 Å². The molecule has 1 saturated heterocycles. The Labute approximate surface area is 156 Å². The quantitative estimate of drug-likeness (QED) is 0.847. The molecule has 0 saturated carbocycles. The largest absolute Gasteiger partial charge is 0.375 e. The lowest BCUT2D eigenvalue weighted by Gasteiger charge is -2.36. The monoisotopic (exact) mass is 361 g/mol. The Balaban J connectivity index is 1.94. The highest BCUT2D eigenvalue weighted by Gasteiger charge is 2.26. The van der Waals surface area contributed by atoms with E-state index >= 15 is 0 Å². The van der Waals surface area contributed by atoms with Crippen molar-refractivity contribution in [3.63, 3.8) is 0 Å². The molecule has 1 fully saturated rings. The molecular formula is C20H31N3O3. The minimum Gasteiger partial charge on any atom is -0.375 e. The van der Waals surface area contributed by atoms with Crippen molar-refractivity contribution in [3.05, 3.63) is 35.4 Å². The molecule has 144 valence electrons. The molecule has 0 aliphatic carbocycles. The zero-order valence-electron chi connectivity index (χ0n) is 16.3. The highest BCUT2D eigenvalue weighted by molar-refractivity contribution is 5.78. The fourth-order valence-corrected chi connectivity index (χ4v) is 3.19. The molecule has 1 unspecified atom stereocenters. The zero-order chi connectivity index (χ0) is 19.1. The van der Waals surface area contributed by atoms with Crippen molar-refractivity contribution in [1.82, 2.24) is 15.1 Å². The van der Waals surface area contributed by atoms with Gasteiger partial charge in [-0.3, -0.25) is 4.79 Å². The topological polar surface area (TPSA) is 61.9 Å². The summed E-state index contributed by atoms with van der Waals surface area (Å²) >= 11 is 0. The molecule has 1 aromatic rings. The predicted molar refractivity (Wildman–Crippen MR) is 102 cm³/mol. The van der Waals surface area contributed by atoms with Crippen LogP contribution in [-0.2, 0) is 16.0 Å². The number of nitrogens with zero attached hydrogens (tertiary/aromatic N) is 2. The van der Waals surface area contributed by atoms with Crippen molar-refractivity contribution in [1.29, 1.82) is 0 Å². The van der Waals surface area contributed by atoms with Crippen molar-refractivity contribution in [3.8, 4) is 0 Å². The molecule has 6 heteroatoms. The van der Waals surface area contributed by atoms with E-state index < -0.39 is 0 Å². The number of benzene rings is 1. The van der Waals surface area contributed by atoms with Crippen molar-refractivity contribution in [2.75, 3.05) is 39.9 Å². The third kappa shape index (κ3) is 5.21. The molecule has 3 amide bonds. The third-order valence-corrected chi connectivity index (χ3v) is 4.88. The van der Waals surface area contributed by atoms with E-state index in [-0.39, 0.29) is 30.5 Å². The van der Waals surface area contributed by atoms with Gasteiger partial charge in [-0.25, -0.2) is 4.79 Å². The maximum Gasteiger partial charge on any atom is 0.318 e. The number of methoxy groups -OCH3 is 1. The van der Waals surface area contributed by atoms with E-state index in [4.69, 9.17) is 4.74 Å². The Morgan fingerprint density at radius 3 is 2.15 bits per heavy atom. The van der Waals surface area contributed by atoms with Crippen molar-refractivity contribution < 1.29 is 14.3 Å². The van der Waals surface area contributed by atoms with Crippen LogP contribution in [0.1, 0.15) is 37.9 Å². The molecule has 0 aromatic heterocycles. The Hall–Kier alpha value is -2.08. The molecule has 1 heterocycles. The van der Waals surface area contributed by atoms with Crippen LogP contribution in [0.25, 0.3) is 0 Å². The average molecular weight is 361 g/mol. The summed E-state index contributed by atoms with van der Waals surface area (Å²) in [6.45, 7) is 8.63. The van der Waals surface area contributed by atoms with Crippen molar-refractivity contribution in [2.24, 2.45) is 5.92 Å². The van der Waals surface area contributed by atoms with E-state index in [9.17, 15) is 9.59 Å². The Bertz CT molecular complexity index is 593. The number of carbonyl (C=O) groups excluding carboxylic acids is 2. The number of carbonyl (C=O) groups is 2. The maximum atomic E-state index is 12.7. The normalized spacial score (nSPS) is 15.9. The van der Waals surface area contributed by atoms with Crippen LogP contribution >= 0.6 is 0 Å². The van der Waals surface area contributed by atoms with Gasteiger partial charge in [0.15, 0.2) is 0 Å². The first kappa shape index (κ1) is 20.2. The van der Waals surface area contributed by atoms with E-state index in [0.29, 0.717) is 26.2 Å². The fraction of sp³-hybridized carbons (Fsp3) is 0.600. The number of hydrogen-bond acceptors (Lipinski definition) is 3. The molecule has 2 rings (SSSR count). The molecule has 6 nitrogen and oxygen atoms in total. The van der Waals surface area contributed by atoms with E-state index in [1.807, 2.05) is 0 Å². The van der Waals surface area contributed by atoms with Gasteiger partial charge in [-0.15, -0.1) is 0 Å². The van der Waals surface area contributed by atoms with Crippen LogP contribution in [0, 0.1) is 5.92 Å². The Morgan fingerprint density at radius 2 is 1.65 bits per heavy atom. The lowest BCUT2D eigenvalue weighted by Crippen LogP contribution is -2.54. The average Bonchev–Trinajstić information content (AvgIpc) is 2.66. The van der Waals surface area contributed by atoms with E-state index in [1.165, 1.54) is 12.7 Å². The predicted octanol–water partition coefficient (Wildman–Crippen LogP) is 2.45. The molecule has 1 atom stereocenters. The lowest BCUT2D eigenvalue weighted by atomic mass is 9.95. The van der Waals surface area contributed by atoms with Gasteiger partial charge < -0.3 is 19.9 Å². The summed E-state index contributed by atoms with van der Waals surface area (Å²) in [6, 6.07) is 8.35. The van der Waals surface area contributed by atoms with Crippen molar-refractivity contribution in [2.45, 2.75) is 33.2 Å². The van der Waals surface area contributed by atoms with Gasteiger partial charge in [-0.2, -0.15) is 0 Å². The van der Waals surface area contributed by atoms with Crippen LogP contribution in [-0.4, -0.2) is 61.6 Å². The molecule has 1 aromatic carbocycles. The Kier molecular flexibility index (Phi) is 7.45. The van der Waals surface area contributed by atoms with Gasteiger partial charge in [0, 0.05) is 33.3 Å². The smallest absolute Gasteiger partial charge is 0.318 e. The van der Waals surface area contributed by atoms with Crippen LogP contribution in [0.5, 0.6) is 0 Å². The Morgan fingerprint density at radius 1 is 1.08 bits per heavy atom. The summed E-state index contributed by atoms with van der Waals surface area (Å²) in [5, 5.41) is 3.17. The number of hydrogen-bond donors (Lipinski definition) is 1. The second kappa shape index (κ2) is 9.57.